The standard InChI is InChI=1S/C25H19ClN4O2S/c1-15-7-10-19(11-16(15)2)30-24(32)20-5-3-4-6-21(20)29-25(30)33-14-23(31)28-22-12-18(26)9-8-17(22)13-27/h3-12H,14H2,1-2H3,(H,28,31). The maximum absolute atomic E-state index is 13.4. The summed E-state index contributed by atoms with van der Waals surface area (Å²) in [5.74, 6) is -0.347. The minimum Gasteiger partial charge on any atom is -0.324 e. The third kappa shape index (κ3) is 4.77. The first-order chi connectivity index (χ1) is 15.9. The third-order valence-electron chi connectivity index (χ3n) is 5.20. The van der Waals surface area contributed by atoms with Crippen molar-refractivity contribution in [1.29, 1.82) is 5.26 Å². The molecule has 164 valence electrons. The number of para-hydroxylation sites is 1. The highest BCUT2D eigenvalue weighted by Crippen LogP contribution is 2.24. The van der Waals surface area contributed by atoms with Gasteiger partial charge in [0.1, 0.15) is 6.07 Å². The maximum Gasteiger partial charge on any atom is 0.266 e. The Hall–Kier alpha value is -3.60. The molecule has 1 aromatic heterocycles. The van der Waals surface area contributed by atoms with E-state index >= 15 is 0 Å². The van der Waals surface area contributed by atoms with Gasteiger partial charge >= 0.3 is 0 Å². The Morgan fingerprint density at radius 3 is 2.67 bits per heavy atom. The average Bonchev–Trinajstić information content (AvgIpc) is 2.80. The number of halogens is 1. The summed E-state index contributed by atoms with van der Waals surface area (Å²) >= 11 is 7.15. The Morgan fingerprint density at radius 2 is 1.91 bits per heavy atom. The number of aromatic nitrogens is 2. The van der Waals surface area contributed by atoms with Gasteiger partial charge in [-0.05, 0) is 67.4 Å². The maximum atomic E-state index is 13.4. The van der Waals surface area contributed by atoms with Crippen LogP contribution in [-0.2, 0) is 4.79 Å². The normalized spacial score (nSPS) is 10.7. The monoisotopic (exact) mass is 474 g/mol. The zero-order chi connectivity index (χ0) is 23.5. The van der Waals surface area contributed by atoms with Crippen LogP contribution in [-0.4, -0.2) is 21.2 Å². The fourth-order valence-electron chi connectivity index (χ4n) is 3.34. The Balaban J connectivity index is 1.69. The van der Waals surface area contributed by atoms with Crippen LogP contribution in [0.15, 0.2) is 70.6 Å². The fourth-order valence-corrected chi connectivity index (χ4v) is 4.32. The molecule has 3 aromatic carbocycles. The number of nitrogens with zero attached hydrogens (tertiary/aromatic N) is 3. The minimum absolute atomic E-state index is 0.00694. The van der Waals surface area contributed by atoms with Crippen molar-refractivity contribution in [3.63, 3.8) is 0 Å². The molecule has 0 radical (unpaired) electrons. The molecular formula is C25H19ClN4O2S. The first-order valence-corrected chi connectivity index (χ1v) is 11.5. The largest absolute Gasteiger partial charge is 0.324 e. The summed E-state index contributed by atoms with van der Waals surface area (Å²) in [6.07, 6.45) is 0. The van der Waals surface area contributed by atoms with Crippen molar-refractivity contribution in [2.75, 3.05) is 11.1 Å². The quantitative estimate of drug-likeness (QED) is 0.315. The number of carbonyl (C=O) groups excluding carboxylic acids is 1. The van der Waals surface area contributed by atoms with Crippen LogP contribution in [0.4, 0.5) is 5.69 Å². The second-order valence-electron chi connectivity index (χ2n) is 7.46. The van der Waals surface area contributed by atoms with E-state index in [0.717, 1.165) is 22.9 Å². The summed E-state index contributed by atoms with van der Waals surface area (Å²) in [7, 11) is 0. The van der Waals surface area contributed by atoms with Gasteiger partial charge in [0.25, 0.3) is 5.56 Å². The first-order valence-electron chi connectivity index (χ1n) is 10.1. The van der Waals surface area contributed by atoms with Crippen LogP contribution in [0.25, 0.3) is 16.6 Å². The van der Waals surface area contributed by atoms with Gasteiger partial charge in [0.15, 0.2) is 5.16 Å². The van der Waals surface area contributed by atoms with Gasteiger partial charge < -0.3 is 5.32 Å². The topological polar surface area (TPSA) is 87.8 Å². The molecule has 0 aliphatic carbocycles. The SMILES string of the molecule is Cc1ccc(-n2c(SCC(=O)Nc3cc(Cl)ccc3C#N)nc3ccccc3c2=O)cc1C. The highest BCUT2D eigenvalue weighted by atomic mass is 35.5. The molecule has 1 N–H and O–H groups in total. The van der Waals surface area contributed by atoms with Gasteiger partial charge in [-0.3, -0.25) is 14.2 Å². The summed E-state index contributed by atoms with van der Waals surface area (Å²) in [6.45, 7) is 3.99. The Kier molecular flexibility index (Phi) is 6.50. The number of carbonyl (C=O) groups is 1. The number of hydrogen-bond acceptors (Lipinski definition) is 5. The summed E-state index contributed by atoms with van der Waals surface area (Å²) in [6, 6.07) is 19.6. The van der Waals surface area contributed by atoms with E-state index in [1.54, 1.807) is 30.3 Å². The molecular weight excluding hydrogens is 456 g/mol. The van der Waals surface area contributed by atoms with Crippen molar-refractivity contribution >= 4 is 45.9 Å². The second-order valence-corrected chi connectivity index (χ2v) is 8.84. The molecule has 0 aliphatic rings. The molecule has 0 saturated carbocycles. The molecule has 0 aliphatic heterocycles. The Labute approximate surface area is 199 Å². The summed E-state index contributed by atoms with van der Waals surface area (Å²) in [5.41, 5.74) is 3.86. The first kappa shape index (κ1) is 22.6. The van der Waals surface area contributed by atoms with Crippen molar-refractivity contribution in [2.24, 2.45) is 0 Å². The zero-order valence-electron chi connectivity index (χ0n) is 17.9. The lowest BCUT2D eigenvalue weighted by atomic mass is 10.1. The van der Waals surface area contributed by atoms with E-state index in [1.165, 1.54) is 10.6 Å². The smallest absolute Gasteiger partial charge is 0.266 e. The van der Waals surface area contributed by atoms with Crippen LogP contribution >= 0.6 is 23.4 Å². The van der Waals surface area contributed by atoms with Crippen LogP contribution in [0.2, 0.25) is 5.02 Å². The molecule has 4 rings (SSSR count). The summed E-state index contributed by atoms with van der Waals surface area (Å²) < 4.78 is 1.53. The van der Waals surface area contributed by atoms with E-state index in [2.05, 4.69) is 10.3 Å². The lowest BCUT2D eigenvalue weighted by molar-refractivity contribution is -0.113. The van der Waals surface area contributed by atoms with Gasteiger partial charge in [-0.25, -0.2) is 4.98 Å². The van der Waals surface area contributed by atoms with Crippen LogP contribution in [0, 0.1) is 25.2 Å². The molecule has 6 nitrogen and oxygen atoms in total. The van der Waals surface area contributed by atoms with Crippen LogP contribution in [0.1, 0.15) is 16.7 Å². The van der Waals surface area contributed by atoms with Crippen molar-refractivity contribution in [3.05, 3.63) is 92.7 Å². The number of benzene rings is 3. The highest BCUT2D eigenvalue weighted by molar-refractivity contribution is 7.99. The lowest BCUT2D eigenvalue weighted by Crippen LogP contribution is -2.23. The van der Waals surface area contributed by atoms with Crippen molar-refractivity contribution in [3.8, 4) is 11.8 Å². The van der Waals surface area contributed by atoms with E-state index < -0.39 is 0 Å². The van der Waals surface area contributed by atoms with Gasteiger partial charge in [0, 0.05) is 5.02 Å². The van der Waals surface area contributed by atoms with E-state index in [9.17, 15) is 14.9 Å². The molecule has 0 atom stereocenters. The molecule has 0 fully saturated rings. The highest BCUT2D eigenvalue weighted by Gasteiger charge is 2.16. The molecule has 0 unspecified atom stereocenters. The van der Waals surface area contributed by atoms with Crippen molar-refractivity contribution < 1.29 is 4.79 Å². The number of nitriles is 1. The Morgan fingerprint density at radius 1 is 1.12 bits per heavy atom. The summed E-state index contributed by atoms with van der Waals surface area (Å²) in [4.78, 5) is 30.7. The van der Waals surface area contributed by atoms with E-state index in [0.29, 0.717) is 38.0 Å². The summed E-state index contributed by atoms with van der Waals surface area (Å²) in [5, 5.41) is 13.3. The predicted molar refractivity (Wildman–Crippen MR) is 132 cm³/mol. The van der Waals surface area contributed by atoms with E-state index in [1.807, 2.05) is 44.2 Å². The minimum atomic E-state index is -0.340. The lowest BCUT2D eigenvalue weighted by Gasteiger charge is -2.14. The van der Waals surface area contributed by atoms with Crippen molar-refractivity contribution in [2.45, 2.75) is 19.0 Å². The zero-order valence-corrected chi connectivity index (χ0v) is 19.5. The predicted octanol–water partition coefficient (Wildman–Crippen LogP) is 5.26. The molecule has 4 aromatic rings. The Bertz CT molecular complexity index is 1490. The molecule has 1 amide bonds. The molecule has 0 spiro atoms. The number of amides is 1. The van der Waals surface area contributed by atoms with Gasteiger partial charge in [-0.1, -0.05) is 41.6 Å². The molecule has 8 heteroatoms. The number of nitrogens with one attached hydrogen (secondary N) is 1. The van der Waals surface area contributed by atoms with Crippen LogP contribution in [0.5, 0.6) is 0 Å². The molecule has 0 bridgehead atoms. The van der Waals surface area contributed by atoms with Gasteiger partial charge in [-0.2, -0.15) is 5.26 Å². The number of rotatable bonds is 5. The van der Waals surface area contributed by atoms with Gasteiger partial charge in [-0.15, -0.1) is 0 Å². The molecule has 1 heterocycles. The van der Waals surface area contributed by atoms with E-state index in [4.69, 9.17) is 11.6 Å². The number of anilines is 1. The number of hydrogen-bond donors (Lipinski definition) is 1. The number of aryl methyl sites for hydroxylation is 2. The number of thioether (sulfide) groups is 1. The third-order valence-corrected chi connectivity index (χ3v) is 6.38. The number of fused-ring (bicyclic) bond motifs is 1. The second kappa shape index (κ2) is 9.49. The fraction of sp³-hybridized carbons (Fsp3) is 0.120. The van der Waals surface area contributed by atoms with Gasteiger partial charge in [0.05, 0.1) is 33.6 Å². The van der Waals surface area contributed by atoms with Gasteiger partial charge in [0.2, 0.25) is 5.91 Å². The average molecular weight is 475 g/mol. The molecule has 33 heavy (non-hydrogen) atoms. The van der Waals surface area contributed by atoms with Crippen molar-refractivity contribution in [1.82, 2.24) is 9.55 Å². The molecule has 0 saturated heterocycles. The van der Waals surface area contributed by atoms with E-state index in [-0.39, 0.29) is 17.2 Å². The van der Waals surface area contributed by atoms with Crippen LogP contribution < -0.4 is 10.9 Å². The van der Waals surface area contributed by atoms with Crippen LogP contribution in [0.3, 0.4) is 0 Å².